The van der Waals surface area contributed by atoms with Crippen molar-refractivity contribution in [3.8, 4) is 11.8 Å². The zero-order valence-corrected chi connectivity index (χ0v) is 11.9. The number of aryl methyl sites for hydroxylation is 1. The summed E-state index contributed by atoms with van der Waals surface area (Å²) in [6.45, 7) is 6.05. The van der Waals surface area contributed by atoms with E-state index in [9.17, 15) is 0 Å². The Morgan fingerprint density at radius 1 is 1.00 bits per heavy atom. The topological polar surface area (TPSA) is 41.6 Å². The molecule has 0 fully saturated rings. The minimum Gasteiger partial charge on any atom is -0.346 e. The van der Waals surface area contributed by atoms with E-state index < -0.39 is 0 Å². The van der Waals surface area contributed by atoms with Crippen molar-refractivity contribution in [2.45, 2.75) is 20.8 Å². The molecule has 0 atom stereocenters. The lowest BCUT2D eigenvalue weighted by Gasteiger charge is -1.95. The van der Waals surface area contributed by atoms with Crippen LogP contribution in [-0.2, 0) is 0 Å². The zero-order chi connectivity index (χ0) is 14.4. The molecule has 0 aliphatic carbocycles. The van der Waals surface area contributed by atoms with E-state index in [1.807, 2.05) is 44.3 Å². The molecular formula is C17H17N3. The second-order valence-corrected chi connectivity index (χ2v) is 4.03. The van der Waals surface area contributed by atoms with Crippen molar-refractivity contribution < 1.29 is 0 Å². The SMILES string of the molecule is CC.Cc1ccccc1C#Cc1ncnc2[nH]ccc12. The summed E-state index contributed by atoms with van der Waals surface area (Å²) in [4.78, 5) is 11.4. The smallest absolute Gasteiger partial charge is 0.141 e. The van der Waals surface area contributed by atoms with Gasteiger partial charge in [-0.3, -0.25) is 0 Å². The van der Waals surface area contributed by atoms with E-state index in [0.29, 0.717) is 0 Å². The van der Waals surface area contributed by atoms with Crippen LogP contribution >= 0.6 is 0 Å². The van der Waals surface area contributed by atoms with Gasteiger partial charge in [0.15, 0.2) is 0 Å². The Balaban J connectivity index is 0.000000704. The fourth-order valence-electron chi connectivity index (χ4n) is 1.81. The van der Waals surface area contributed by atoms with E-state index in [1.54, 1.807) is 0 Å². The van der Waals surface area contributed by atoms with Crippen molar-refractivity contribution in [1.29, 1.82) is 0 Å². The first-order valence-corrected chi connectivity index (χ1v) is 6.70. The van der Waals surface area contributed by atoms with Crippen LogP contribution in [-0.4, -0.2) is 15.0 Å². The molecule has 0 spiro atoms. The molecule has 1 aromatic carbocycles. The summed E-state index contributed by atoms with van der Waals surface area (Å²) in [6.07, 6.45) is 3.37. The van der Waals surface area contributed by atoms with Gasteiger partial charge in [0.05, 0.1) is 5.39 Å². The summed E-state index contributed by atoms with van der Waals surface area (Å²) in [5.41, 5.74) is 3.77. The molecule has 3 rings (SSSR count). The minimum atomic E-state index is 0.754. The zero-order valence-electron chi connectivity index (χ0n) is 11.9. The van der Waals surface area contributed by atoms with Crippen molar-refractivity contribution in [2.24, 2.45) is 0 Å². The number of aromatic amines is 1. The Morgan fingerprint density at radius 2 is 1.80 bits per heavy atom. The quantitative estimate of drug-likeness (QED) is 0.628. The first kappa shape index (κ1) is 13.8. The van der Waals surface area contributed by atoms with E-state index in [4.69, 9.17) is 0 Å². The summed E-state index contributed by atoms with van der Waals surface area (Å²) >= 11 is 0. The summed E-state index contributed by atoms with van der Waals surface area (Å²) < 4.78 is 0. The van der Waals surface area contributed by atoms with Gasteiger partial charge >= 0.3 is 0 Å². The highest BCUT2D eigenvalue weighted by atomic mass is 14.9. The number of rotatable bonds is 0. The summed E-state index contributed by atoms with van der Waals surface area (Å²) in [6, 6.07) is 10.0. The van der Waals surface area contributed by atoms with Crippen LogP contribution in [0.25, 0.3) is 11.0 Å². The second kappa shape index (κ2) is 6.53. The molecule has 0 aliphatic rings. The third kappa shape index (κ3) is 2.86. The third-order valence-corrected chi connectivity index (χ3v) is 2.81. The molecule has 20 heavy (non-hydrogen) atoms. The van der Waals surface area contributed by atoms with Crippen LogP contribution in [0.2, 0.25) is 0 Å². The molecule has 3 nitrogen and oxygen atoms in total. The van der Waals surface area contributed by atoms with Gasteiger partial charge in [-0.1, -0.05) is 38.0 Å². The monoisotopic (exact) mass is 263 g/mol. The number of fused-ring (bicyclic) bond motifs is 1. The average molecular weight is 263 g/mol. The fraction of sp³-hybridized carbons (Fsp3) is 0.176. The second-order valence-electron chi connectivity index (χ2n) is 4.03. The van der Waals surface area contributed by atoms with Crippen LogP contribution in [0, 0.1) is 18.8 Å². The Kier molecular flexibility index (Phi) is 4.52. The van der Waals surface area contributed by atoms with Gasteiger partial charge in [0.25, 0.3) is 0 Å². The van der Waals surface area contributed by atoms with Crippen molar-refractivity contribution in [1.82, 2.24) is 15.0 Å². The Labute approximate surface area is 119 Å². The molecule has 100 valence electrons. The highest BCUT2D eigenvalue weighted by molar-refractivity contribution is 5.80. The molecule has 0 bridgehead atoms. The first-order valence-electron chi connectivity index (χ1n) is 6.70. The highest BCUT2D eigenvalue weighted by Gasteiger charge is 2.00. The van der Waals surface area contributed by atoms with Gasteiger partial charge in [0, 0.05) is 11.8 Å². The lowest BCUT2D eigenvalue weighted by Crippen LogP contribution is -1.87. The minimum absolute atomic E-state index is 0.754. The van der Waals surface area contributed by atoms with Crippen LogP contribution in [0.1, 0.15) is 30.7 Å². The number of nitrogens with zero attached hydrogens (tertiary/aromatic N) is 2. The van der Waals surface area contributed by atoms with Gasteiger partial charge in [-0.05, 0) is 30.5 Å². The molecule has 3 aromatic rings. The Morgan fingerprint density at radius 3 is 2.60 bits per heavy atom. The van der Waals surface area contributed by atoms with Crippen molar-refractivity contribution in [3.05, 3.63) is 59.7 Å². The number of aromatic nitrogens is 3. The molecule has 0 amide bonds. The number of hydrogen-bond acceptors (Lipinski definition) is 2. The molecule has 1 N–H and O–H groups in total. The lowest BCUT2D eigenvalue weighted by molar-refractivity contribution is 1.18. The summed E-state index contributed by atoms with van der Waals surface area (Å²) in [5, 5.41) is 0.957. The molecule has 3 heteroatoms. The molecule has 0 saturated carbocycles. The molecule has 2 aromatic heterocycles. The summed E-state index contributed by atoms with van der Waals surface area (Å²) in [5.74, 6) is 6.27. The average Bonchev–Trinajstić information content (AvgIpc) is 2.97. The van der Waals surface area contributed by atoms with Crippen LogP contribution in [0.3, 0.4) is 0 Å². The third-order valence-electron chi connectivity index (χ3n) is 2.81. The molecule has 0 saturated heterocycles. The van der Waals surface area contributed by atoms with Crippen LogP contribution in [0.15, 0.2) is 42.9 Å². The van der Waals surface area contributed by atoms with E-state index >= 15 is 0 Å². The molecule has 2 heterocycles. The normalized spacial score (nSPS) is 9.35. The molecule has 0 aliphatic heterocycles. The van der Waals surface area contributed by atoms with Crippen molar-refractivity contribution in [2.75, 3.05) is 0 Å². The maximum Gasteiger partial charge on any atom is 0.141 e. The Bertz CT molecular complexity index is 760. The van der Waals surface area contributed by atoms with Crippen LogP contribution in [0.4, 0.5) is 0 Å². The first-order chi connectivity index (χ1) is 9.84. The van der Waals surface area contributed by atoms with Crippen LogP contribution < -0.4 is 0 Å². The van der Waals surface area contributed by atoms with Gasteiger partial charge in [-0.25, -0.2) is 9.97 Å². The summed E-state index contributed by atoms with van der Waals surface area (Å²) in [7, 11) is 0. The van der Waals surface area contributed by atoms with Gasteiger partial charge < -0.3 is 4.98 Å². The van der Waals surface area contributed by atoms with Gasteiger partial charge in [0.2, 0.25) is 0 Å². The van der Waals surface area contributed by atoms with E-state index in [0.717, 1.165) is 22.3 Å². The molecule has 0 unspecified atom stereocenters. The van der Waals surface area contributed by atoms with E-state index in [1.165, 1.54) is 11.9 Å². The number of nitrogens with one attached hydrogen (secondary N) is 1. The molecule has 0 radical (unpaired) electrons. The largest absolute Gasteiger partial charge is 0.346 e. The van der Waals surface area contributed by atoms with E-state index in [2.05, 4.69) is 39.8 Å². The van der Waals surface area contributed by atoms with Gasteiger partial charge in [-0.2, -0.15) is 0 Å². The fourth-order valence-corrected chi connectivity index (χ4v) is 1.81. The van der Waals surface area contributed by atoms with E-state index in [-0.39, 0.29) is 0 Å². The van der Waals surface area contributed by atoms with Crippen molar-refractivity contribution in [3.63, 3.8) is 0 Å². The number of hydrogen-bond donors (Lipinski definition) is 1. The predicted octanol–water partition coefficient (Wildman–Crippen LogP) is 3.69. The standard InChI is InChI=1S/C15H11N3.C2H6/c1-11-4-2-3-5-12(11)6-7-14-13-8-9-16-15(13)18-10-17-14;1-2/h2-5,8-10H,1H3,(H,16,17,18);1-2H3. The molecular weight excluding hydrogens is 246 g/mol. The number of benzene rings is 1. The van der Waals surface area contributed by atoms with Crippen molar-refractivity contribution >= 4 is 11.0 Å². The maximum absolute atomic E-state index is 4.22. The highest BCUT2D eigenvalue weighted by Crippen LogP contribution is 2.12. The Hall–Kier alpha value is -2.60. The van der Waals surface area contributed by atoms with Gasteiger partial charge in [-0.15, -0.1) is 0 Å². The lowest BCUT2D eigenvalue weighted by atomic mass is 10.1. The number of H-pyrrole nitrogens is 1. The predicted molar refractivity (Wildman–Crippen MR) is 82.4 cm³/mol. The van der Waals surface area contributed by atoms with Crippen LogP contribution in [0.5, 0.6) is 0 Å². The maximum atomic E-state index is 4.22. The van der Waals surface area contributed by atoms with Gasteiger partial charge in [0.1, 0.15) is 17.7 Å².